The Morgan fingerprint density at radius 2 is 1.76 bits per heavy atom. The van der Waals surface area contributed by atoms with Crippen molar-refractivity contribution in [2.75, 3.05) is 13.1 Å². The van der Waals surface area contributed by atoms with Crippen LogP contribution in [0.4, 0.5) is 0 Å². The topological polar surface area (TPSA) is 95.6 Å². The van der Waals surface area contributed by atoms with Gasteiger partial charge in [0, 0.05) is 19.0 Å². The molecule has 3 rings (SSSR count). The molecule has 3 amide bonds. The van der Waals surface area contributed by atoms with Crippen molar-refractivity contribution in [2.45, 2.75) is 98.6 Å². The van der Waals surface area contributed by atoms with E-state index in [1.807, 2.05) is 13.0 Å². The molecule has 0 aromatic heterocycles. The van der Waals surface area contributed by atoms with Crippen molar-refractivity contribution in [2.24, 2.45) is 28.6 Å². The molecule has 1 saturated heterocycles. The Morgan fingerprint density at radius 3 is 2.34 bits per heavy atom. The van der Waals surface area contributed by atoms with Crippen LogP contribution in [0.15, 0.2) is 43.0 Å². The number of nitrogens with one attached hydrogen (secondary N) is 2. The Kier molecular flexibility index (Phi) is 10.6. The van der Waals surface area contributed by atoms with Crippen LogP contribution in [-0.2, 0) is 19.2 Å². The number of amides is 3. The van der Waals surface area contributed by atoms with Crippen molar-refractivity contribution in [1.82, 2.24) is 15.5 Å². The van der Waals surface area contributed by atoms with Gasteiger partial charge in [-0.15, -0.1) is 6.58 Å². The van der Waals surface area contributed by atoms with Crippen molar-refractivity contribution in [3.8, 4) is 0 Å². The Labute approximate surface area is 246 Å². The van der Waals surface area contributed by atoms with Crippen molar-refractivity contribution < 1.29 is 19.2 Å². The molecule has 226 valence electrons. The standard InChI is InChI=1S/C34H51N3O4/c1-9-15-26(29(38)31(40)35-20-10-2)36-30(39)28-27-25(34(27,7)8)21-37(28)32(41)24(33(4,5)6)19-14-16-22(3)23-17-12-11-13-18-23/h10-13,17-18,22,24-28H,2,9,14-16,19-21H2,1,3-8H3,(H,35,40)(H,36,39). The van der Waals surface area contributed by atoms with Crippen molar-refractivity contribution in [1.29, 1.82) is 0 Å². The predicted molar refractivity (Wildman–Crippen MR) is 163 cm³/mol. The Balaban J connectivity index is 1.75. The number of carbonyl (C=O) groups excluding carboxylic acids is 4. The summed E-state index contributed by atoms with van der Waals surface area (Å²) in [5.74, 6) is -1.23. The first-order chi connectivity index (χ1) is 19.2. The Morgan fingerprint density at radius 1 is 1.10 bits per heavy atom. The highest BCUT2D eigenvalue weighted by Crippen LogP contribution is 2.65. The average Bonchev–Trinajstić information content (AvgIpc) is 3.24. The van der Waals surface area contributed by atoms with Gasteiger partial charge in [0.05, 0.1) is 6.04 Å². The number of Topliss-reactive ketones (excluding diaryl/α,β-unsaturated/α-hetero) is 1. The second kappa shape index (κ2) is 13.3. The molecule has 2 aliphatic rings. The lowest BCUT2D eigenvalue weighted by Gasteiger charge is -2.38. The highest BCUT2D eigenvalue weighted by Gasteiger charge is 2.69. The summed E-state index contributed by atoms with van der Waals surface area (Å²) in [6.45, 7) is 19.0. The molecule has 6 atom stereocenters. The van der Waals surface area contributed by atoms with E-state index in [2.05, 4.69) is 83.0 Å². The molecule has 6 unspecified atom stereocenters. The average molecular weight is 566 g/mol. The predicted octanol–water partition coefficient (Wildman–Crippen LogP) is 5.26. The van der Waals surface area contributed by atoms with Crippen LogP contribution in [0.5, 0.6) is 0 Å². The normalized spacial score (nSPS) is 23.1. The van der Waals surface area contributed by atoms with Crippen LogP contribution in [0.1, 0.15) is 92.1 Å². The number of ketones is 1. The minimum absolute atomic E-state index is 0.0232. The van der Waals surface area contributed by atoms with Crippen LogP contribution in [0.2, 0.25) is 0 Å². The lowest BCUT2D eigenvalue weighted by molar-refractivity contribution is -0.147. The van der Waals surface area contributed by atoms with Crippen LogP contribution in [0.3, 0.4) is 0 Å². The van der Waals surface area contributed by atoms with Crippen molar-refractivity contribution >= 4 is 23.5 Å². The van der Waals surface area contributed by atoms with Gasteiger partial charge in [0.25, 0.3) is 5.91 Å². The van der Waals surface area contributed by atoms with Gasteiger partial charge in [-0.1, -0.05) is 97.7 Å². The zero-order valence-electron chi connectivity index (χ0n) is 26.2. The summed E-state index contributed by atoms with van der Waals surface area (Å²) in [7, 11) is 0. The molecule has 0 bridgehead atoms. The van der Waals surface area contributed by atoms with E-state index in [0.717, 1.165) is 19.3 Å². The number of hydrogen-bond acceptors (Lipinski definition) is 4. The van der Waals surface area contributed by atoms with Gasteiger partial charge < -0.3 is 15.5 Å². The van der Waals surface area contributed by atoms with E-state index in [1.54, 1.807) is 4.90 Å². The maximum atomic E-state index is 14.2. The zero-order valence-corrected chi connectivity index (χ0v) is 26.2. The fraction of sp³-hybridized carbons (Fsp3) is 0.647. The molecule has 2 N–H and O–H groups in total. The number of benzene rings is 1. The second-order valence-corrected chi connectivity index (χ2v) is 13.8. The molecular formula is C34H51N3O4. The molecule has 1 aromatic carbocycles. The van der Waals surface area contributed by atoms with E-state index in [9.17, 15) is 19.2 Å². The summed E-state index contributed by atoms with van der Waals surface area (Å²) in [5, 5.41) is 5.40. The van der Waals surface area contributed by atoms with E-state index in [0.29, 0.717) is 25.3 Å². The largest absolute Gasteiger partial charge is 0.346 e. The molecule has 1 aliphatic carbocycles. The number of nitrogens with zero attached hydrogens (tertiary/aromatic N) is 1. The molecule has 7 heteroatoms. The van der Waals surface area contributed by atoms with Crippen molar-refractivity contribution in [3.05, 3.63) is 48.6 Å². The molecular weight excluding hydrogens is 514 g/mol. The highest BCUT2D eigenvalue weighted by molar-refractivity contribution is 6.38. The van der Waals surface area contributed by atoms with Crippen LogP contribution in [0, 0.1) is 28.6 Å². The van der Waals surface area contributed by atoms with E-state index in [1.165, 1.54) is 11.6 Å². The number of rotatable bonds is 14. The molecule has 7 nitrogen and oxygen atoms in total. The maximum absolute atomic E-state index is 14.2. The van der Waals surface area contributed by atoms with Crippen LogP contribution in [0.25, 0.3) is 0 Å². The molecule has 0 radical (unpaired) electrons. The number of piperidine rings is 1. The summed E-state index contributed by atoms with van der Waals surface area (Å²) < 4.78 is 0. The molecule has 1 heterocycles. The minimum Gasteiger partial charge on any atom is -0.346 e. The second-order valence-electron chi connectivity index (χ2n) is 13.8. The molecule has 1 aromatic rings. The quantitative estimate of drug-likeness (QED) is 0.238. The van der Waals surface area contributed by atoms with Gasteiger partial charge in [-0.2, -0.15) is 0 Å². The fourth-order valence-electron chi connectivity index (χ4n) is 6.74. The van der Waals surface area contributed by atoms with Gasteiger partial charge >= 0.3 is 0 Å². The van der Waals surface area contributed by atoms with Gasteiger partial charge in [-0.3, -0.25) is 19.2 Å². The summed E-state index contributed by atoms with van der Waals surface area (Å²) in [6.07, 6.45) is 5.14. The minimum atomic E-state index is -0.923. The fourth-order valence-corrected chi connectivity index (χ4v) is 6.74. The number of fused-ring (bicyclic) bond motifs is 1. The SMILES string of the molecule is C=CCNC(=O)C(=O)C(CCC)NC(=O)C1C2C(CN1C(=O)C(CCCC(C)c1ccccc1)C(C)(C)C)C2(C)C. The Bertz CT molecular complexity index is 1110. The number of carbonyl (C=O) groups is 4. The van der Waals surface area contributed by atoms with Gasteiger partial charge in [0.2, 0.25) is 17.6 Å². The molecule has 2 fully saturated rings. The van der Waals surface area contributed by atoms with Crippen LogP contribution in [-0.4, -0.2) is 53.6 Å². The summed E-state index contributed by atoms with van der Waals surface area (Å²) in [4.78, 5) is 55.1. The van der Waals surface area contributed by atoms with E-state index in [4.69, 9.17) is 0 Å². The van der Waals surface area contributed by atoms with E-state index in [-0.39, 0.29) is 46.9 Å². The zero-order chi connectivity index (χ0) is 30.5. The van der Waals surface area contributed by atoms with Crippen LogP contribution < -0.4 is 10.6 Å². The third-order valence-electron chi connectivity index (χ3n) is 9.44. The third-order valence-corrected chi connectivity index (χ3v) is 9.44. The first-order valence-electron chi connectivity index (χ1n) is 15.3. The summed E-state index contributed by atoms with van der Waals surface area (Å²) in [5.41, 5.74) is 0.992. The third kappa shape index (κ3) is 7.47. The van der Waals surface area contributed by atoms with Gasteiger partial charge in [0.15, 0.2) is 0 Å². The molecule has 41 heavy (non-hydrogen) atoms. The maximum Gasteiger partial charge on any atom is 0.289 e. The van der Waals surface area contributed by atoms with Crippen LogP contribution >= 0.6 is 0 Å². The lowest BCUT2D eigenvalue weighted by Crippen LogP contribution is -2.56. The van der Waals surface area contributed by atoms with Gasteiger partial charge in [0.1, 0.15) is 6.04 Å². The smallest absolute Gasteiger partial charge is 0.289 e. The monoisotopic (exact) mass is 565 g/mol. The van der Waals surface area contributed by atoms with E-state index < -0.39 is 23.8 Å². The molecule has 1 aliphatic heterocycles. The molecule has 1 saturated carbocycles. The number of likely N-dealkylation sites (tertiary alicyclic amines) is 1. The highest BCUT2D eigenvalue weighted by atomic mass is 16.2. The lowest BCUT2D eigenvalue weighted by atomic mass is 9.76. The van der Waals surface area contributed by atoms with E-state index >= 15 is 0 Å². The summed E-state index contributed by atoms with van der Waals surface area (Å²) >= 11 is 0. The first-order valence-corrected chi connectivity index (χ1v) is 15.3. The van der Waals surface area contributed by atoms with Gasteiger partial charge in [-0.25, -0.2) is 0 Å². The Hall–Kier alpha value is -2.96. The van der Waals surface area contributed by atoms with Crippen molar-refractivity contribution in [3.63, 3.8) is 0 Å². The number of hydrogen-bond donors (Lipinski definition) is 2. The van der Waals surface area contributed by atoms with Gasteiger partial charge in [-0.05, 0) is 53.4 Å². The summed E-state index contributed by atoms with van der Waals surface area (Å²) in [6, 6.07) is 8.88. The first kappa shape index (κ1) is 32.6. The molecule has 0 spiro atoms.